The highest BCUT2D eigenvalue weighted by Crippen LogP contribution is 2.51. The van der Waals surface area contributed by atoms with Crippen LogP contribution in [0.15, 0.2) is 30.3 Å². The molecule has 1 aromatic carbocycles. The predicted molar refractivity (Wildman–Crippen MR) is 84.2 cm³/mol. The molecule has 1 saturated heterocycles. The van der Waals surface area contributed by atoms with E-state index < -0.39 is 0 Å². The van der Waals surface area contributed by atoms with E-state index in [1.165, 1.54) is 12.0 Å². The van der Waals surface area contributed by atoms with Crippen LogP contribution >= 0.6 is 0 Å². The van der Waals surface area contributed by atoms with Crippen molar-refractivity contribution in [2.75, 3.05) is 13.2 Å². The molecule has 4 unspecified atom stereocenters. The fourth-order valence-electron chi connectivity index (χ4n) is 4.19. The van der Waals surface area contributed by atoms with Crippen LogP contribution in [0.3, 0.4) is 0 Å². The smallest absolute Gasteiger partial charge is 0.0684 e. The van der Waals surface area contributed by atoms with E-state index in [0.29, 0.717) is 18.1 Å². The van der Waals surface area contributed by atoms with Crippen molar-refractivity contribution in [3.05, 3.63) is 35.9 Å². The third kappa shape index (κ3) is 2.87. The molecule has 3 nitrogen and oxygen atoms in total. The summed E-state index contributed by atoms with van der Waals surface area (Å²) < 4.78 is 5.95. The third-order valence-corrected chi connectivity index (χ3v) is 5.29. The van der Waals surface area contributed by atoms with Crippen molar-refractivity contribution in [3.63, 3.8) is 0 Å². The minimum Gasteiger partial charge on any atom is -0.395 e. The lowest BCUT2D eigenvalue weighted by Gasteiger charge is -2.60. The molecular weight excluding hydrogens is 262 g/mol. The van der Waals surface area contributed by atoms with Crippen LogP contribution in [0.1, 0.15) is 32.3 Å². The standard InChI is InChI=1S/C18H27NO2/c1-18(2)16(15-9-6-10-21-17(15)18)19-14(12-20)11-13-7-4-3-5-8-13/h3-5,7-8,14-17,19-20H,6,9-12H2,1-2H3. The van der Waals surface area contributed by atoms with Crippen LogP contribution in [0.4, 0.5) is 0 Å². The van der Waals surface area contributed by atoms with E-state index in [-0.39, 0.29) is 18.1 Å². The van der Waals surface area contributed by atoms with Gasteiger partial charge in [0, 0.05) is 30.0 Å². The van der Waals surface area contributed by atoms with Crippen LogP contribution in [-0.2, 0) is 11.2 Å². The first kappa shape index (κ1) is 15.0. The summed E-state index contributed by atoms with van der Waals surface area (Å²) in [7, 11) is 0. The molecule has 0 bridgehead atoms. The largest absolute Gasteiger partial charge is 0.395 e. The molecule has 1 aliphatic carbocycles. The normalized spacial score (nSPS) is 32.0. The maximum atomic E-state index is 9.73. The number of aliphatic hydroxyl groups is 1. The molecule has 1 heterocycles. The molecule has 0 aromatic heterocycles. The minimum atomic E-state index is 0.125. The molecule has 2 aliphatic rings. The molecule has 0 radical (unpaired) electrons. The van der Waals surface area contributed by atoms with E-state index >= 15 is 0 Å². The van der Waals surface area contributed by atoms with Gasteiger partial charge in [0.2, 0.25) is 0 Å². The second kappa shape index (κ2) is 6.07. The van der Waals surface area contributed by atoms with Crippen LogP contribution in [0, 0.1) is 11.3 Å². The van der Waals surface area contributed by atoms with Crippen molar-refractivity contribution < 1.29 is 9.84 Å². The van der Waals surface area contributed by atoms with Gasteiger partial charge in [-0.3, -0.25) is 0 Å². The first-order valence-electron chi connectivity index (χ1n) is 8.15. The average Bonchev–Trinajstić information content (AvgIpc) is 2.52. The zero-order chi connectivity index (χ0) is 14.9. The average molecular weight is 289 g/mol. The Bertz CT molecular complexity index is 460. The molecule has 2 fully saturated rings. The summed E-state index contributed by atoms with van der Waals surface area (Å²) >= 11 is 0. The summed E-state index contributed by atoms with van der Waals surface area (Å²) in [5.41, 5.74) is 1.44. The summed E-state index contributed by atoms with van der Waals surface area (Å²) in [6.07, 6.45) is 3.68. The fraction of sp³-hybridized carbons (Fsp3) is 0.667. The molecule has 21 heavy (non-hydrogen) atoms. The van der Waals surface area contributed by atoms with Crippen LogP contribution in [0.5, 0.6) is 0 Å². The van der Waals surface area contributed by atoms with Crippen LogP contribution in [-0.4, -0.2) is 36.5 Å². The fourth-order valence-corrected chi connectivity index (χ4v) is 4.19. The molecule has 1 saturated carbocycles. The summed E-state index contributed by atoms with van der Waals surface area (Å²) in [5, 5.41) is 13.4. The quantitative estimate of drug-likeness (QED) is 0.874. The Kier molecular flexibility index (Phi) is 4.34. The summed E-state index contributed by atoms with van der Waals surface area (Å²) in [5.74, 6) is 0.610. The number of ether oxygens (including phenoxy) is 1. The van der Waals surface area contributed by atoms with E-state index in [2.05, 4.69) is 43.4 Å². The molecule has 116 valence electrons. The highest BCUT2D eigenvalue weighted by atomic mass is 16.5. The zero-order valence-corrected chi connectivity index (χ0v) is 13.1. The first-order valence-corrected chi connectivity index (χ1v) is 8.15. The van der Waals surface area contributed by atoms with Crippen molar-refractivity contribution >= 4 is 0 Å². The minimum absolute atomic E-state index is 0.125. The van der Waals surface area contributed by atoms with Crippen molar-refractivity contribution in [1.82, 2.24) is 5.32 Å². The van der Waals surface area contributed by atoms with Gasteiger partial charge in [0.15, 0.2) is 0 Å². The van der Waals surface area contributed by atoms with E-state index in [0.717, 1.165) is 19.4 Å². The summed E-state index contributed by atoms with van der Waals surface area (Å²) in [6, 6.07) is 11.0. The molecule has 1 aliphatic heterocycles. The lowest BCUT2D eigenvalue weighted by atomic mass is 9.55. The Morgan fingerprint density at radius 1 is 1.33 bits per heavy atom. The van der Waals surface area contributed by atoms with Gasteiger partial charge in [-0.05, 0) is 24.8 Å². The van der Waals surface area contributed by atoms with Gasteiger partial charge in [-0.2, -0.15) is 0 Å². The number of aliphatic hydroxyl groups excluding tert-OH is 1. The van der Waals surface area contributed by atoms with Gasteiger partial charge in [0.05, 0.1) is 12.7 Å². The molecular formula is C18H27NO2. The molecule has 0 amide bonds. The van der Waals surface area contributed by atoms with Gasteiger partial charge in [-0.25, -0.2) is 0 Å². The maximum Gasteiger partial charge on any atom is 0.0684 e. The van der Waals surface area contributed by atoms with E-state index in [1.54, 1.807) is 0 Å². The van der Waals surface area contributed by atoms with Crippen LogP contribution in [0.25, 0.3) is 0 Å². The molecule has 3 rings (SSSR count). The second-order valence-electron chi connectivity index (χ2n) is 7.13. The summed E-state index contributed by atoms with van der Waals surface area (Å²) in [4.78, 5) is 0. The Morgan fingerprint density at radius 2 is 2.10 bits per heavy atom. The van der Waals surface area contributed by atoms with Gasteiger partial charge < -0.3 is 15.2 Å². The first-order chi connectivity index (χ1) is 10.1. The SMILES string of the molecule is CC1(C)C(NC(CO)Cc2ccccc2)C2CCCOC21. The molecule has 0 spiro atoms. The second-order valence-corrected chi connectivity index (χ2v) is 7.13. The maximum absolute atomic E-state index is 9.73. The third-order valence-electron chi connectivity index (χ3n) is 5.29. The van der Waals surface area contributed by atoms with Gasteiger partial charge in [0.1, 0.15) is 0 Å². The number of hydrogen-bond donors (Lipinski definition) is 2. The molecule has 3 heteroatoms. The van der Waals surface area contributed by atoms with Crippen molar-refractivity contribution in [1.29, 1.82) is 0 Å². The van der Waals surface area contributed by atoms with Crippen LogP contribution < -0.4 is 5.32 Å². The van der Waals surface area contributed by atoms with E-state index in [9.17, 15) is 5.11 Å². The number of benzene rings is 1. The van der Waals surface area contributed by atoms with Crippen molar-refractivity contribution in [2.24, 2.45) is 11.3 Å². The lowest BCUT2D eigenvalue weighted by Crippen LogP contribution is -2.71. The van der Waals surface area contributed by atoms with Gasteiger partial charge in [-0.1, -0.05) is 44.2 Å². The van der Waals surface area contributed by atoms with Gasteiger partial charge >= 0.3 is 0 Å². The highest BCUT2D eigenvalue weighted by molar-refractivity contribution is 5.17. The lowest BCUT2D eigenvalue weighted by molar-refractivity contribution is -0.195. The van der Waals surface area contributed by atoms with E-state index in [1.807, 2.05) is 6.07 Å². The van der Waals surface area contributed by atoms with Gasteiger partial charge in [0.25, 0.3) is 0 Å². The molecule has 1 aromatic rings. The summed E-state index contributed by atoms with van der Waals surface area (Å²) in [6.45, 7) is 5.66. The number of hydrogen-bond acceptors (Lipinski definition) is 3. The topological polar surface area (TPSA) is 41.5 Å². The van der Waals surface area contributed by atoms with E-state index in [4.69, 9.17) is 4.74 Å². The Hall–Kier alpha value is -0.900. The number of nitrogens with one attached hydrogen (secondary N) is 1. The highest BCUT2D eigenvalue weighted by Gasteiger charge is 2.57. The van der Waals surface area contributed by atoms with Crippen molar-refractivity contribution in [2.45, 2.75) is 51.3 Å². The predicted octanol–water partition coefficient (Wildman–Crippen LogP) is 2.38. The number of fused-ring (bicyclic) bond motifs is 1. The molecule has 4 atom stereocenters. The zero-order valence-electron chi connectivity index (χ0n) is 13.1. The Labute approximate surface area is 127 Å². The number of rotatable bonds is 5. The molecule has 2 N–H and O–H groups in total. The van der Waals surface area contributed by atoms with Gasteiger partial charge in [-0.15, -0.1) is 0 Å². The Balaban J connectivity index is 1.64. The van der Waals surface area contributed by atoms with Crippen molar-refractivity contribution in [3.8, 4) is 0 Å². The van der Waals surface area contributed by atoms with Crippen LogP contribution in [0.2, 0.25) is 0 Å². The Morgan fingerprint density at radius 3 is 2.81 bits per heavy atom. The monoisotopic (exact) mass is 289 g/mol.